The smallest absolute Gasteiger partial charge is 0.234 e. The number of halogens is 2. The zero-order valence-electron chi connectivity index (χ0n) is 16.7. The highest BCUT2D eigenvalue weighted by molar-refractivity contribution is 7.23. The third kappa shape index (κ3) is 5.15. The van der Waals surface area contributed by atoms with E-state index in [1.54, 1.807) is 0 Å². The average Bonchev–Trinajstić information content (AvgIpc) is 3.36. The SMILES string of the molecule is Cc1ccc(Cl)c2sc(N(CCCN3CCOCC3)C(=O)Cc3ccc(Cl)s3)nc12. The summed E-state index contributed by atoms with van der Waals surface area (Å²) in [7, 11) is 0. The molecule has 0 bridgehead atoms. The largest absolute Gasteiger partial charge is 0.379 e. The molecule has 1 saturated heterocycles. The summed E-state index contributed by atoms with van der Waals surface area (Å²) in [6.45, 7) is 7.00. The first-order valence-electron chi connectivity index (χ1n) is 9.91. The fourth-order valence-corrected chi connectivity index (χ4v) is 5.94. The van der Waals surface area contributed by atoms with Crippen LogP contribution in [0.5, 0.6) is 0 Å². The maximum atomic E-state index is 13.2. The Kier molecular flexibility index (Phi) is 7.28. The molecule has 3 heterocycles. The lowest BCUT2D eigenvalue weighted by Gasteiger charge is -2.27. The van der Waals surface area contributed by atoms with Crippen molar-refractivity contribution in [2.45, 2.75) is 19.8 Å². The van der Waals surface area contributed by atoms with E-state index in [0.717, 1.165) is 59.9 Å². The zero-order valence-corrected chi connectivity index (χ0v) is 19.8. The number of benzene rings is 1. The van der Waals surface area contributed by atoms with Gasteiger partial charge >= 0.3 is 0 Å². The molecular weight excluding hydrogens is 461 g/mol. The van der Waals surface area contributed by atoms with E-state index in [-0.39, 0.29) is 5.91 Å². The number of morpholine rings is 1. The molecule has 1 aliphatic rings. The minimum atomic E-state index is 0.0309. The Morgan fingerprint density at radius 2 is 2.00 bits per heavy atom. The zero-order chi connectivity index (χ0) is 21.1. The van der Waals surface area contributed by atoms with Gasteiger partial charge in [-0.1, -0.05) is 40.6 Å². The molecule has 1 amide bonds. The van der Waals surface area contributed by atoms with E-state index in [4.69, 9.17) is 32.9 Å². The second-order valence-electron chi connectivity index (χ2n) is 7.27. The van der Waals surface area contributed by atoms with Gasteiger partial charge in [0.2, 0.25) is 5.91 Å². The van der Waals surface area contributed by atoms with E-state index >= 15 is 0 Å². The molecule has 3 aromatic rings. The van der Waals surface area contributed by atoms with Crippen LogP contribution in [0, 0.1) is 6.92 Å². The Morgan fingerprint density at radius 3 is 2.70 bits per heavy atom. The number of carbonyl (C=O) groups is 1. The molecule has 0 N–H and O–H groups in total. The molecule has 1 aliphatic heterocycles. The molecule has 0 spiro atoms. The van der Waals surface area contributed by atoms with Gasteiger partial charge in [0.25, 0.3) is 0 Å². The third-order valence-corrected chi connectivity index (χ3v) is 7.90. The van der Waals surface area contributed by atoms with E-state index in [2.05, 4.69) is 4.90 Å². The fraction of sp³-hybridized carbons (Fsp3) is 0.429. The number of anilines is 1. The molecule has 5 nitrogen and oxygen atoms in total. The summed E-state index contributed by atoms with van der Waals surface area (Å²) < 4.78 is 7.04. The number of aromatic nitrogens is 1. The predicted octanol–water partition coefficient (Wildman–Crippen LogP) is 5.27. The molecule has 1 fully saturated rings. The fourth-order valence-electron chi connectivity index (χ4n) is 3.50. The number of aryl methyl sites for hydroxylation is 1. The molecule has 0 radical (unpaired) electrons. The first kappa shape index (κ1) is 22.0. The van der Waals surface area contributed by atoms with Crippen molar-refractivity contribution < 1.29 is 9.53 Å². The molecular formula is C21H23Cl2N3O2S2. The molecule has 0 saturated carbocycles. The van der Waals surface area contributed by atoms with Gasteiger partial charge in [-0.3, -0.25) is 14.6 Å². The van der Waals surface area contributed by atoms with Crippen molar-refractivity contribution in [3.8, 4) is 0 Å². The maximum absolute atomic E-state index is 13.2. The van der Waals surface area contributed by atoms with Gasteiger partial charge in [-0.15, -0.1) is 11.3 Å². The Hall–Kier alpha value is -1.22. The summed E-state index contributed by atoms with van der Waals surface area (Å²) in [6.07, 6.45) is 1.19. The predicted molar refractivity (Wildman–Crippen MR) is 127 cm³/mol. The van der Waals surface area contributed by atoms with Crippen LogP contribution in [0.25, 0.3) is 10.2 Å². The van der Waals surface area contributed by atoms with E-state index in [0.29, 0.717) is 27.5 Å². The second-order valence-corrected chi connectivity index (χ2v) is 10.5. The van der Waals surface area contributed by atoms with Crippen molar-refractivity contribution in [2.75, 3.05) is 44.3 Å². The average molecular weight is 484 g/mol. The lowest BCUT2D eigenvalue weighted by atomic mass is 10.2. The first-order chi connectivity index (χ1) is 14.5. The normalized spacial score (nSPS) is 15.0. The van der Waals surface area contributed by atoms with Crippen molar-refractivity contribution in [2.24, 2.45) is 0 Å². The lowest BCUT2D eigenvalue weighted by Crippen LogP contribution is -2.39. The van der Waals surface area contributed by atoms with Crippen LogP contribution in [-0.4, -0.2) is 55.2 Å². The number of carbonyl (C=O) groups excluding carboxylic acids is 1. The summed E-state index contributed by atoms with van der Waals surface area (Å²) in [5, 5.41) is 1.38. The number of hydrogen-bond donors (Lipinski definition) is 0. The number of rotatable bonds is 7. The van der Waals surface area contributed by atoms with Gasteiger partial charge in [0.15, 0.2) is 5.13 Å². The van der Waals surface area contributed by atoms with Gasteiger partial charge in [-0.25, -0.2) is 4.98 Å². The number of thiophene rings is 1. The Morgan fingerprint density at radius 1 is 1.20 bits per heavy atom. The van der Waals surface area contributed by atoms with Crippen LogP contribution in [0.4, 0.5) is 5.13 Å². The van der Waals surface area contributed by atoms with Crippen molar-refractivity contribution in [1.29, 1.82) is 0 Å². The maximum Gasteiger partial charge on any atom is 0.234 e. The Balaban J connectivity index is 1.55. The Labute approximate surface area is 194 Å². The molecule has 0 unspecified atom stereocenters. The van der Waals surface area contributed by atoms with Crippen LogP contribution >= 0.6 is 45.9 Å². The van der Waals surface area contributed by atoms with Gasteiger partial charge in [0, 0.05) is 31.1 Å². The van der Waals surface area contributed by atoms with Crippen LogP contribution < -0.4 is 4.90 Å². The van der Waals surface area contributed by atoms with E-state index < -0.39 is 0 Å². The van der Waals surface area contributed by atoms with Crippen LogP contribution in [0.1, 0.15) is 16.9 Å². The van der Waals surface area contributed by atoms with E-state index in [9.17, 15) is 4.79 Å². The summed E-state index contributed by atoms with van der Waals surface area (Å²) in [6, 6.07) is 7.60. The number of amides is 1. The van der Waals surface area contributed by atoms with Crippen molar-refractivity contribution in [3.05, 3.63) is 44.1 Å². The summed E-state index contributed by atoms with van der Waals surface area (Å²) in [5.41, 5.74) is 1.93. The quantitative estimate of drug-likeness (QED) is 0.458. The monoisotopic (exact) mass is 483 g/mol. The minimum Gasteiger partial charge on any atom is -0.379 e. The van der Waals surface area contributed by atoms with E-state index in [1.807, 2.05) is 36.1 Å². The van der Waals surface area contributed by atoms with Gasteiger partial charge in [0.1, 0.15) is 0 Å². The first-order valence-corrected chi connectivity index (χ1v) is 12.3. The molecule has 0 atom stereocenters. The van der Waals surface area contributed by atoms with Crippen LogP contribution in [0.2, 0.25) is 9.36 Å². The standard InChI is InChI=1S/C21H23Cl2N3O2S2/c1-14-3-5-16(22)20-19(14)24-21(30-20)26(8-2-7-25-9-11-28-12-10-25)18(27)13-15-4-6-17(23)29-15/h3-6H,2,7-13H2,1H3. The molecule has 0 aliphatic carbocycles. The van der Waals surface area contributed by atoms with E-state index in [1.165, 1.54) is 22.7 Å². The summed E-state index contributed by atoms with van der Waals surface area (Å²) >= 11 is 15.4. The minimum absolute atomic E-state index is 0.0309. The number of thiazole rings is 1. The Bertz CT molecular complexity index is 992. The summed E-state index contributed by atoms with van der Waals surface area (Å²) in [4.78, 5) is 23.2. The van der Waals surface area contributed by atoms with Crippen LogP contribution in [-0.2, 0) is 16.0 Å². The second kappa shape index (κ2) is 9.94. The van der Waals surface area contributed by atoms with Gasteiger partial charge in [0.05, 0.1) is 39.2 Å². The molecule has 160 valence electrons. The van der Waals surface area contributed by atoms with Crippen molar-refractivity contribution in [1.82, 2.24) is 9.88 Å². The van der Waals surface area contributed by atoms with Crippen molar-refractivity contribution >= 4 is 67.1 Å². The number of hydrogen-bond acceptors (Lipinski definition) is 6. The van der Waals surface area contributed by atoms with Crippen molar-refractivity contribution in [3.63, 3.8) is 0 Å². The lowest BCUT2D eigenvalue weighted by molar-refractivity contribution is -0.118. The molecule has 9 heteroatoms. The summed E-state index contributed by atoms with van der Waals surface area (Å²) in [5.74, 6) is 0.0309. The van der Waals surface area contributed by atoms with Crippen LogP contribution in [0.15, 0.2) is 24.3 Å². The van der Waals surface area contributed by atoms with Crippen LogP contribution in [0.3, 0.4) is 0 Å². The highest BCUT2D eigenvalue weighted by Gasteiger charge is 2.22. The van der Waals surface area contributed by atoms with Gasteiger partial charge < -0.3 is 4.74 Å². The molecule has 30 heavy (non-hydrogen) atoms. The van der Waals surface area contributed by atoms with Gasteiger partial charge in [-0.05, 0) is 37.1 Å². The molecule has 2 aromatic heterocycles. The molecule has 1 aromatic carbocycles. The molecule has 4 rings (SSSR count). The number of fused-ring (bicyclic) bond motifs is 1. The highest BCUT2D eigenvalue weighted by Crippen LogP contribution is 2.36. The highest BCUT2D eigenvalue weighted by atomic mass is 35.5. The number of ether oxygens (including phenoxy) is 1. The van der Waals surface area contributed by atoms with Gasteiger partial charge in [-0.2, -0.15) is 0 Å². The number of nitrogens with zero attached hydrogens (tertiary/aromatic N) is 3. The third-order valence-electron chi connectivity index (χ3n) is 5.13. The topological polar surface area (TPSA) is 45.7 Å².